The molecule has 2 heterocycles. The van der Waals surface area contributed by atoms with Gasteiger partial charge in [-0.2, -0.15) is 18.2 Å². The molecule has 2 aromatic carbocycles. The molecule has 2 aromatic heterocycles. The largest absolute Gasteiger partial charge is 0.394 e. The summed E-state index contributed by atoms with van der Waals surface area (Å²) in [7, 11) is 1.48. The fourth-order valence-electron chi connectivity index (χ4n) is 4.13. The zero-order chi connectivity index (χ0) is 23.5. The molecule has 1 aliphatic carbocycles. The molecule has 1 aliphatic rings. The molecule has 1 saturated carbocycles. The summed E-state index contributed by atoms with van der Waals surface area (Å²) < 4.78 is 84.4. The molecule has 0 aliphatic heterocycles. The summed E-state index contributed by atoms with van der Waals surface area (Å²) in [5.41, 5.74) is -0.860. The van der Waals surface area contributed by atoms with Crippen LogP contribution in [0.1, 0.15) is 24.8 Å². The Morgan fingerprint density at radius 2 is 1.85 bits per heavy atom. The van der Waals surface area contributed by atoms with Gasteiger partial charge in [0.15, 0.2) is 11.6 Å². The molecule has 0 radical (unpaired) electrons. The van der Waals surface area contributed by atoms with Crippen molar-refractivity contribution in [2.45, 2.75) is 31.9 Å². The first-order valence-electron chi connectivity index (χ1n) is 10.2. The van der Waals surface area contributed by atoms with Crippen molar-refractivity contribution in [3.05, 3.63) is 59.7 Å². The van der Waals surface area contributed by atoms with Crippen molar-refractivity contribution in [1.82, 2.24) is 19.6 Å². The Kier molecular flexibility index (Phi) is 4.77. The maximum atomic E-state index is 14.8. The molecule has 0 bridgehead atoms. The Morgan fingerprint density at radius 1 is 1.09 bits per heavy atom. The molecule has 0 saturated heterocycles. The molecule has 1 fully saturated rings. The zero-order valence-electron chi connectivity index (χ0n) is 17.3. The van der Waals surface area contributed by atoms with Crippen LogP contribution in [0.5, 0.6) is 0 Å². The molecule has 5 rings (SSSR count). The van der Waals surface area contributed by atoms with Crippen LogP contribution >= 0.6 is 0 Å². The topological polar surface area (TPSA) is 46.3 Å². The first-order valence-corrected chi connectivity index (χ1v) is 10.2. The number of anilines is 2. The lowest BCUT2D eigenvalue weighted by Crippen LogP contribution is -2.25. The second-order valence-corrected chi connectivity index (χ2v) is 8.35. The lowest BCUT2D eigenvalue weighted by Gasteiger charge is -2.22. The average Bonchev–Trinajstić information content (AvgIpc) is 3.43. The minimum absolute atomic E-state index is 0.0263. The molecule has 0 unspecified atom stereocenters. The first kappa shape index (κ1) is 21.5. The number of halogens is 6. The minimum atomic E-state index is -4.29. The second kappa shape index (κ2) is 7.32. The van der Waals surface area contributed by atoms with Crippen LogP contribution in [0.4, 0.5) is 37.8 Å². The third-order valence-corrected chi connectivity index (χ3v) is 6.29. The summed E-state index contributed by atoms with van der Waals surface area (Å²) in [6.07, 6.45) is -2.97. The van der Waals surface area contributed by atoms with Gasteiger partial charge in [0.25, 0.3) is 5.78 Å². The molecule has 0 amide bonds. The molecule has 5 nitrogen and oxygen atoms in total. The fourth-order valence-corrected chi connectivity index (χ4v) is 4.13. The lowest BCUT2D eigenvalue weighted by atomic mass is 9.96. The average molecular weight is 465 g/mol. The second-order valence-electron chi connectivity index (χ2n) is 8.35. The van der Waals surface area contributed by atoms with Gasteiger partial charge in [0.2, 0.25) is 0 Å². The summed E-state index contributed by atoms with van der Waals surface area (Å²) in [4.78, 5) is 5.62. The van der Waals surface area contributed by atoms with Crippen molar-refractivity contribution in [1.29, 1.82) is 0 Å². The Bertz CT molecular complexity index is 1380. The van der Waals surface area contributed by atoms with Gasteiger partial charge in [0.1, 0.15) is 18.0 Å². The Hall–Kier alpha value is -3.37. The Labute approximate surface area is 183 Å². The van der Waals surface area contributed by atoms with Crippen LogP contribution in [0.2, 0.25) is 0 Å². The molecule has 11 heteroatoms. The molecule has 172 valence electrons. The van der Waals surface area contributed by atoms with Gasteiger partial charge in [-0.3, -0.25) is 4.40 Å². The van der Waals surface area contributed by atoms with E-state index in [2.05, 4.69) is 15.2 Å². The highest BCUT2D eigenvalue weighted by Gasteiger charge is 2.62. The quantitative estimate of drug-likeness (QED) is 0.353. The number of nitrogens with zero attached hydrogens (tertiary/aromatic N) is 5. The van der Waals surface area contributed by atoms with Crippen LogP contribution in [0.15, 0.2) is 36.7 Å². The molecular weight excluding hydrogens is 448 g/mol. The minimum Gasteiger partial charge on any atom is -0.329 e. The van der Waals surface area contributed by atoms with Gasteiger partial charge in [0.05, 0.1) is 16.3 Å². The summed E-state index contributed by atoms with van der Waals surface area (Å²) in [5.74, 6) is -2.81. The number of fused-ring (bicyclic) bond motifs is 3. The van der Waals surface area contributed by atoms with Crippen LogP contribution < -0.4 is 4.90 Å². The van der Waals surface area contributed by atoms with E-state index in [0.29, 0.717) is 5.56 Å². The highest BCUT2D eigenvalue weighted by Crippen LogP contribution is 2.60. The predicted octanol–water partition coefficient (Wildman–Crippen LogP) is 5.74. The van der Waals surface area contributed by atoms with Crippen molar-refractivity contribution in [3.63, 3.8) is 0 Å². The SMILES string of the molecule is CN(c1cc(F)cc(CCC2(C(F)(F)F)CC2)c1)c1nc2nncn2c2ccc(F)c(F)c12. The number of rotatable bonds is 5. The molecule has 4 aromatic rings. The molecule has 0 N–H and O–H groups in total. The molecular formula is C22H17F6N5. The van der Waals surface area contributed by atoms with Crippen molar-refractivity contribution < 1.29 is 26.3 Å². The monoisotopic (exact) mass is 465 g/mol. The summed E-state index contributed by atoms with van der Waals surface area (Å²) >= 11 is 0. The van der Waals surface area contributed by atoms with E-state index >= 15 is 0 Å². The number of hydrogen-bond acceptors (Lipinski definition) is 4. The predicted molar refractivity (Wildman–Crippen MR) is 109 cm³/mol. The summed E-state index contributed by atoms with van der Waals surface area (Å²) in [5, 5.41) is 7.44. The van der Waals surface area contributed by atoms with E-state index in [1.165, 1.54) is 40.9 Å². The van der Waals surface area contributed by atoms with Crippen molar-refractivity contribution in [2.24, 2.45) is 5.41 Å². The van der Waals surface area contributed by atoms with Crippen LogP contribution in [-0.4, -0.2) is 32.8 Å². The van der Waals surface area contributed by atoms with Gasteiger partial charge in [-0.05, 0) is 61.6 Å². The number of benzene rings is 2. The lowest BCUT2D eigenvalue weighted by molar-refractivity contribution is -0.188. The van der Waals surface area contributed by atoms with E-state index in [0.717, 1.165) is 12.1 Å². The smallest absolute Gasteiger partial charge is 0.329 e. The van der Waals surface area contributed by atoms with E-state index < -0.39 is 29.0 Å². The highest BCUT2D eigenvalue weighted by atomic mass is 19.4. The van der Waals surface area contributed by atoms with Crippen LogP contribution in [0.3, 0.4) is 0 Å². The maximum absolute atomic E-state index is 14.8. The van der Waals surface area contributed by atoms with E-state index in [1.54, 1.807) is 0 Å². The van der Waals surface area contributed by atoms with Gasteiger partial charge in [-0.15, -0.1) is 10.2 Å². The van der Waals surface area contributed by atoms with Gasteiger partial charge in [-0.25, -0.2) is 13.2 Å². The van der Waals surface area contributed by atoms with Crippen molar-refractivity contribution >= 4 is 28.2 Å². The van der Waals surface area contributed by atoms with Crippen LogP contribution in [0, 0.1) is 22.9 Å². The van der Waals surface area contributed by atoms with Gasteiger partial charge >= 0.3 is 6.18 Å². The van der Waals surface area contributed by atoms with Gasteiger partial charge in [0, 0.05) is 12.7 Å². The summed E-state index contributed by atoms with van der Waals surface area (Å²) in [6.45, 7) is 0. The Balaban J connectivity index is 1.56. The Morgan fingerprint density at radius 3 is 2.55 bits per heavy atom. The van der Waals surface area contributed by atoms with E-state index in [-0.39, 0.29) is 53.9 Å². The van der Waals surface area contributed by atoms with Crippen molar-refractivity contribution in [3.8, 4) is 0 Å². The van der Waals surface area contributed by atoms with E-state index in [9.17, 15) is 26.3 Å². The number of alkyl halides is 3. The summed E-state index contributed by atoms with van der Waals surface area (Å²) in [6, 6.07) is 6.17. The number of hydrogen-bond donors (Lipinski definition) is 0. The first-order chi connectivity index (χ1) is 15.6. The molecule has 0 spiro atoms. The van der Waals surface area contributed by atoms with Crippen molar-refractivity contribution in [2.75, 3.05) is 11.9 Å². The highest BCUT2D eigenvalue weighted by molar-refractivity contribution is 5.94. The van der Waals surface area contributed by atoms with E-state index in [1.807, 2.05) is 0 Å². The van der Waals surface area contributed by atoms with Crippen LogP contribution in [-0.2, 0) is 6.42 Å². The number of aromatic nitrogens is 4. The maximum Gasteiger partial charge on any atom is 0.394 e. The number of aryl methyl sites for hydroxylation is 1. The zero-order valence-corrected chi connectivity index (χ0v) is 17.3. The molecule has 0 atom stereocenters. The van der Waals surface area contributed by atoms with Gasteiger partial charge in [-0.1, -0.05) is 0 Å². The normalized spacial score (nSPS) is 15.4. The third-order valence-electron chi connectivity index (χ3n) is 6.29. The van der Waals surface area contributed by atoms with E-state index in [4.69, 9.17) is 0 Å². The molecule has 33 heavy (non-hydrogen) atoms. The van der Waals surface area contributed by atoms with Crippen LogP contribution in [0.25, 0.3) is 16.7 Å². The fraction of sp³-hybridized carbons (Fsp3) is 0.318. The van der Waals surface area contributed by atoms with Gasteiger partial charge < -0.3 is 4.90 Å². The third kappa shape index (κ3) is 3.55. The standard InChI is InChI=1S/C22H17F6N5/c1-32(14-9-12(8-13(23)10-14)4-5-21(6-7-21)22(26,27)28)19-17-16(3-2-15(24)18(17)25)33-11-29-31-20(33)30-19/h2-3,8-11H,4-7H2,1H3.